The molecule has 1 saturated carbocycles. The van der Waals surface area contributed by atoms with Crippen LogP contribution in [0.4, 0.5) is 0 Å². The highest BCUT2D eigenvalue weighted by Crippen LogP contribution is 2.25. The Bertz CT molecular complexity index is 387. The number of carboxylic acids is 1. The molecule has 3 N–H and O–H groups in total. The summed E-state index contributed by atoms with van der Waals surface area (Å²) in [5, 5.41) is 28.2. The summed E-state index contributed by atoms with van der Waals surface area (Å²) < 4.78 is 1.51. The van der Waals surface area contributed by atoms with Crippen molar-refractivity contribution in [1.82, 2.24) is 20.3 Å². The van der Waals surface area contributed by atoms with Gasteiger partial charge in [0.1, 0.15) is 0 Å². The van der Waals surface area contributed by atoms with Crippen molar-refractivity contribution < 1.29 is 15.0 Å². The summed E-state index contributed by atoms with van der Waals surface area (Å²) in [6, 6.07) is 0. The Hall–Kier alpha value is -1.47. The molecule has 7 heteroatoms. The maximum Gasteiger partial charge on any atom is 0.358 e. The molecular weight excluding hydrogens is 224 g/mol. The van der Waals surface area contributed by atoms with Crippen LogP contribution in [0.5, 0.6) is 0 Å². The third kappa shape index (κ3) is 3.24. The zero-order chi connectivity index (χ0) is 12.3. The fourth-order valence-electron chi connectivity index (χ4n) is 1.87. The zero-order valence-electron chi connectivity index (χ0n) is 9.41. The van der Waals surface area contributed by atoms with Gasteiger partial charge in [0.15, 0.2) is 5.69 Å². The standard InChI is InChI=1S/C10H16N4O3/c15-8-3-7(4-8)5-11-1-2-14-6-9(10(16)17)12-13-14/h6-8,11,15H,1-5H2,(H,16,17). The van der Waals surface area contributed by atoms with Gasteiger partial charge in [-0.05, 0) is 25.3 Å². The maximum atomic E-state index is 10.6. The maximum absolute atomic E-state index is 10.6. The number of aliphatic hydroxyl groups excluding tert-OH is 1. The van der Waals surface area contributed by atoms with E-state index in [9.17, 15) is 4.79 Å². The largest absolute Gasteiger partial charge is 0.476 e. The Morgan fingerprint density at radius 1 is 1.59 bits per heavy atom. The molecule has 0 aromatic carbocycles. The van der Waals surface area contributed by atoms with Crippen molar-refractivity contribution in [3.8, 4) is 0 Å². The van der Waals surface area contributed by atoms with Gasteiger partial charge in [-0.3, -0.25) is 4.68 Å². The summed E-state index contributed by atoms with van der Waals surface area (Å²) in [5.41, 5.74) is -0.0351. The Labute approximate surface area is 98.4 Å². The number of carbonyl (C=O) groups is 1. The van der Waals surface area contributed by atoms with Crippen LogP contribution in [0.1, 0.15) is 23.3 Å². The minimum absolute atomic E-state index is 0.0351. The van der Waals surface area contributed by atoms with Crippen LogP contribution in [0.3, 0.4) is 0 Å². The van der Waals surface area contributed by atoms with Crippen molar-refractivity contribution in [2.24, 2.45) is 5.92 Å². The Balaban J connectivity index is 1.62. The van der Waals surface area contributed by atoms with E-state index in [0.717, 1.165) is 25.9 Å². The molecule has 1 aromatic rings. The molecule has 1 aliphatic rings. The van der Waals surface area contributed by atoms with E-state index in [-0.39, 0.29) is 11.8 Å². The molecule has 0 unspecified atom stereocenters. The van der Waals surface area contributed by atoms with Gasteiger partial charge in [0.05, 0.1) is 18.8 Å². The van der Waals surface area contributed by atoms with Crippen molar-refractivity contribution in [3.63, 3.8) is 0 Å². The highest BCUT2D eigenvalue weighted by molar-refractivity contribution is 5.84. The summed E-state index contributed by atoms with van der Waals surface area (Å²) in [4.78, 5) is 10.6. The molecule has 0 radical (unpaired) electrons. The third-order valence-electron chi connectivity index (χ3n) is 2.92. The minimum Gasteiger partial charge on any atom is -0.476 e. The summed E-state index contributed by atoms with van der Waals surface area (Å²) in [7, 11) is 0. The number of hydrogen-bond donors (Lipinski definition) is 3. The number of carboxylic acid groups (broad SMARTS) is 1. The topological polar surface area (TPSA) is 100 Å². The number of hydrogen-bond acceptors (Lipinski definition) is 5. The monoisotopic (exact) mass is 240 g/mol. The van der Waals surface area contributed by atoms with E-state index in [2.05, 4.69) is 15.6 Å². The molecule has 2 rings (SSSR count). The normalized spacial score (nSPS) is 23.4. The van der Waals surface area contributed by atoms with Crippen molar-refractivity contribution in [1.29, 1.82) is 0 Å². The van der Waals surface area contributed by atoms with Crippen LogP contribution in [0.2, 0.25) is 0 Å². The predicted molar refractivity (Wildman–Crippen MR) is 58.6 cm³/mol. The first-order chi connectivity index (χ1) is 8.15. The zero-order valence-corrected chi connectivity index (χ0v) is 9.41. The van der Waals surface area contributed by atoms with E-state index >= 15 is 0 Å². The smallest absolute Gasteiger partial charge is 0.358 e. The second-order valence-corrected chi connectivity index (χ2v) is 4.37. The number of rotatable bonds is 6. The predicted octanol–water partition coefficient (Wildman–Crippen LogP) is -0.663. The van der Waals surface area contributed by atoms with Crippen LogP contribution in [-0.4, -0.2) is 50.4 Å². The molecule has 17 heavy (non-hydrogen) atoms. The van der Waals surface area contributed by atoms with Crippen molar-refractivity contribution in [2.75, 3.05) is 13.1 Å². The molecule has 7 nitrogen and oxygen atoms in total. The van der Waals surface area contributed by atoms with E-state index in [1.54, 1.807) is 0 Å². The molecule has 94 valence electrons. The Morgan fingerprint density at radius 3 is 2.94 bits per heavy atom. The molecule has 0 saturated heterocycles. The minimum atomic E-state index is -1.06. The Kier molecular flexibility index (Phi) is 3.70. The lowest BCUT2D eigenvalue weighted by Crippen LogP contribution is -2.37. The lowest BCUT2D eigenvalue weighted by Gasteiger charge is -2.31. The lowest BCUT2D eigenvalue weighted by atomic mass is 9.82. The van der Waals surface area contributed by atoms with Crippen LogP contribution >= 0.6 is 0 Å². The molecular formula is C10H16N4O3. The van der Waals surface area contributed by atoms with Crippen LogP contribution < -0.4 is 5.32 Å². The Morgan fingerprint density at radius 2 is 2.35 bits per heavy atom. The van der Waals surface area contributed by atoms with E-state index in [1.807, 2.05) is 0 Å². The first-order valence-corrected chi connectivity index (χ1v) is 5.67. The van der Waals surface area contributed by atoms with E-state index in [0.29, 0.717) is 12.5 Å². The molecule has 1 aliphatic carbocycles. The van der Waals surface area contributed by atoms with E-state index in [4.69, 9.17) is 10.2 Å². The van der Waals surface area contributed by atoms with Crippen molar-refractivity contribution >= 4 is 5.97 Å². The van der Waals surface area contributed by atoms with Gasteiger partial charge in [0, 0.05) is 6.54 Å². The van der Waals surface area contributed by atoms with Crippen LogP contribution in [0.25, 0.3) is 0 Å². The molecule has 0 atom stereocenters. The number of aromatic carboxylic acids is 1. The molecule has 0 spiro atoms. The lowest BCUT2D eigenvalue weighted by molar-refractivity contribution is 0.0430. The van der Waals surface area contributed by atoms with E-state index in [1.165, 1.54) is 10.9 Å². The first kappa shape index (κ1) is 12.0. The second kappa shape index (κ2) is 5.24. The summed E-state index contributed by atoms with van der Waals surface area (Å²) in [6.07, 6.45) is 3.05. The summed E-state index contributed by atoms with van der Waals surface area (Å²) in [6.45, 7) is 2.20. The fourth-order valence-corrected chi connectivity index (χ4v) is 1.87. The van der Waals surface area contributed by atoms with Gasteiger partial charge in [0.2, 0.25) is 0 Å². The quantitative estimate of drug-likeness (QED) is 0.571. The second-order valence-electron chi connectivity index (χ2n) is 4.37. The molecule has 1 fully saturated rings. The molecule has 1 aromatic heterocycles. The fraction of sp³-hybridized carbons (Fsp3) is 0.700. The third-order valence-corrected chi connectivity index (χ3v) is 2.92. The first-order valence-electron chi connectivity index (χ1n) is 5.67. The average Bonchev–Trinajstić information content (AvgIpc) is 2.70. The summed E-state index contributed by atoms with van der Waals surface area (Å²) in [5.74, 6) is -0.497. The number of nitrogens with zero attached hydrogens (tertiary/aromatic N) is 3. The number of nitrogens with one attached hydrogen (secondary N) is 1. The number of aliphatic hydroxyl groups is 1. The van der Waals surface area contributed by atoms with E-state index < -0.39 is 5.97 Å². The molecule has 0 amide bonds. The molecule has 1 heterocycles. The number of aromatic nitrogens is 3. The van der Waals surface area contributed by atoms with Crippen LogP contribution in [0, 0.1) is 5.92 Å². The van der Waals surface area contributed by atoms with Gasteiger partial charge in [-0.1, -0.05) is 5.21 Å². The summed E-state index contributed by atoms with van der Waals surface area (Å²) >= 11 is 0. The van der Waals surface area contributed by atoms with Crippen LogP contribution in [0.15, 0.2) is 6.20 Å². The highest BCUT2D eigenvalue weighted by atomic mass is 16.4. The highest BCUT2D eigenvalue weighted by Gasteiger charge is 2.26. The van der Waals surface area contributed by atoms with Gasteiger partial charge in [-0.2, -0.15) is 0 Å². The van der Waals surface area contributed by atoms with Crippen LogP contribution in [-0.2, 0) is 6.54 Å². The van der Waals surface area contributed by atoms with Gasteiger partial charge >= 0.3 is 5.97 Å². The van der Waals surface area contributed by atoms with Crippen molar-refractivity contribution in [2.45, 2.75) is 25.5 Å². The average molecular weight is 240 g/mol. The molecule has 0 bridgehead atoms. The van der Waals surface area contributed by atoms with Gasteiger partial charge in [0.25, 0.3) is 0 Å². The van der Waals surface area contributed by atoms with Gasteiger partial charge < -0.3 is 15.5 Å². The SMILES string of the molecule is O=C(O)c1cn(CCNCC2CC(O)C2)nn1. The van der Waals surface area contributed by atoms with Gasteiger partial charge in [-0.25, -0.2) is 4.79 Å². The molecule has 0 aliphatic heterocycles. The van der Waals surface area contributed by atoms with Crippen molar-refractivity contribution in [3.05, 3.63) is 11.9 Å². The van der Waals surface area contributed by atoms with Gasteiger partial charge in [-0.15, -0.1) is 5.10 Å².